The molecule has 0 aromatic heterocycles. The minimum Gasteiger partial charge on any atom is -0.462 e. The van der Waals surface area contributed by atoms with Crippen molar-refractivity contribution in [3.63, 3.8) is 0 Å². The summed E-state index contributed by atoms with van der Waals surface area (Å²) >= 11 is 6.55. The van der Waals surface area contributed by atoms with Gasteiger partial charge in [0, 0.05) is 34.3 Å². The van der Waals surface area contributed by atoms with Crippen LogP contribution < -0.4 is 5.32 Å². The lowest BCUT2D eigenvalue weighted by Gasteiger charge is -2.37. The fourth-order valence-electron chi connectivity index (χ4n) is 4.56. The van der Waals surface area contributed by atoms with Crippen LogP contribution in [-0.4, -0.2) is 18.4 Å². The van der Waals surface area contributed by atoms with Gasteiger partial charge in [0.2, 0.25) is 0 Å². The molecule has 1 aliphatic heterocycles. The average molecular weight is 436 g/mol. The summed E-state index contributed by atoms with van der Waals surface area (Å²) in [6.07, 6.45) is 1.84. The number of ether oxygens (including phenoxy) is 1. The topological polar surface area (TPSA) is 55.4 Å². The number of Topliss-reactive ketones (excluding diaryl/α,β-unsaturated/α-hetero) is 1. The normalized spacial score (nSPS) is 20.9. The number of carbonyl (C=O) groups is 2. The van der Waals surface area contributed by atoms with Crippen LogP contribution in [0.2, 0.25) is 5.02 Å². The predicted molar refractivity (Wildman–Crippen MR) is 122 cm³/mol. The van der Waals surface area contributed by atoms with Gasteiger partial charge in [-0.3, -0.25) is 4.79 Å². The molecule has 0 saturated carbocycles. The minimum absolute atomic E-state index is 0.0424. The zero-order chi connectivity index (χ0) is 22.0. The van der Waals surface area contributed by atoms with E-state index in [9.17, 15) is 9.59 Å². The second kappa shape index (κ2) is 9.11. The Hall–Kier alpha value is -2.85. The Balaban J connectivity index is 1.80. The summed E-state index contributed by atoms with van der Waals surface area (Å²) in [4.78, 5) is 26.5. The summed E-state index contributed by atoms with van der Waals surface area (Å²) in [7, 11) is 0. The molecule has 2 atom stereocenters. The fourth-order valence-corrected chi connectivity index (χ4v) is 4.81. The highest BCUT2D eigenvalue weighted by Crippen LogP contribution is 2.47. The predicted octanol–water partition coefficient (Wildman–Crippen LogP) is 5.65. The summed E-state index contributed by atoms with van der Waals surface area (Å²) in [6, 6.07) is 17.5. The molecule has 0 bridgehead atoms. The van der Waals surface area contributed by atoms with Crippen molar-refractivity contribution in [2.45, 2.75) is 44.9 Å². The lowest BCUT2D eigenvalue weighted by Crippen LogP contribution is -2.36. The molecule has 1 heterocycles. The number of rotatable bonds is 5. The third-order valence-electron chi connectivity index (χ3n) is 5.97. The molecule has 2 aromatic carbocycles. The van der Waals surface area contributed by atoms with Gasteiger partial charge in [0.15, 0.2) is 5.78 Å². The van der Waals surface area contributed by atoms with Crippen LogP contribution in [0.1, 0.15) is 56.1 Å². The van der Waals surface area contributed by atoms with Crippen LogP contribution in [0.15, 0.2) is 77.1 Å². The van der Waals surface area contributed by atoms with Crippen molar-refractivity contribution in [3.8, 4) is 0 Å². The Morgan fingerprint density at radius 2 is 1.81 bits per heavy atom. The van der Waals surface area contributed by atoms with E-state index in [1.807, 2.05) is 50.2 Å². The summed E-state index contributed by atoms with van der Waals surface area (Å²) in [5.41, 5.74) is 4.59. The van der Waals surface area contributed by atoms with E-state index in [0.717, 1.165) is 23.2 Å². The fraction of sp³-hybridized carbons (Fsp3) is 0.308. The average Bonchev–Trinajstić information content (AvgIpc) is 2.77. The van der Waals surface area contributed by atoms with Gasteiger partial charge in [-0.05, 0) is 42.9 Å². The van der Waals surface area contributed by atoms with E-state index in [0.29, 0.717) is 41.3 Å². The highest BCUT2D eigenvalue weighted by Gasteiger charge is 2.42. The van der Waals surface area contributed by atoms with Crippen molar-refractivity contribution in [2.24, 2.45) is 0 Å². The van der Waals surface area contributed by atoms with Crippen molar-refractivity contribution in [1.82, 2.24) is 5.32 Å². The van der Waals surface area contributed by atoms with E-state index < -0.39 is 11.9 Å². The van der Waals surface area contributed by atoms with Gasteiger partial charge < -0.3 is 10.1 Å². The minimum atomic E-state index is -0.529. The zero-order valence-corrected chi connectivity index (χ0v) is 18.5. The third-order valence-corrected chi connectivity index (χ3v) is 6.32. The molecule has 1 aliphatic carbocycles. The maximum atomic E-state index is 13.5. The van der Waals surface area contributed by atoms with E-state index in [4.69, 9.17) is 16.3 Å². The molecule has 2 aliphatic rings. The molecule has 1 N–H and O–H groups in total. The van der Waals surface area contributed by atoms with Crippen LogP contribution >= 0.6 is 11.6 Å². The molecule has 5 heteroatoms. The third kappa shape index (κ3) is 4.17. The van der Waals surface area contributed by atoms with Crippen molar-refractivity contribution in [1.29, 1.82) is 0 Å². The van der Waals surface area contributed by atoms with Crippen molar-refractivity contribution >= 4 is 23.4 Å². The summed E-state index contributed by atoms with van der Waals surface area (Å²) < 4.78 is 5.48. The van der Waals surface area contributed by atoms with Gasteiger partial charge in [-0.2, -0.15) is 0 Å². The second-order valence-electron chi connectivity index (χ2n) is 8.09. The van der Waals surface area contributed by atoms with Crippen LogP contribution in [0.4, 0.5) is 0 Å². The SMILES string of the molecule is CCCOC(=O)C1=C(C)NC2=C(C(=O)C[C@H](c3ccccc3)C2)[C@@H]1c1ccccc1Cl. The Morgan fingerprint density at radius 3 is 2.52 bits per heavy atom. The summed E-state index contributed by atoms with van der Waals surface area (Å²) in [6.45, 7) is 4.15. The van der Waals surface area contributed by atoms with Crippen LogP contribution in [0.5, 0.6) is 0 Å². The largest absolute Gasteiger partial charge is 0.462 e. The lowest BCUT2D eigenvalue weighted by molar-refractivity contribution is -0.139. The number of dihydropyridines is 1. The standard InChI is InChI=1S/C26H26ClNO3/c1-3-13-31-26(30)23-16(2)28-21-14-18(17-9-5-4-6-10-17)15-22(29)25(21)24(23)19-11-7-8-12-20(19)27/h4-12,18,24,28H,3,13-15H2,1-2H3/t18-,24-/m1/s1. The quantitative estimate of drug-likeness (QED) is 0.616. The number of halogens is 1. The van der Waals surface area contributed by atoms with Crippen molar-refractivity contribution < 1.29 is 14.3 Å². The van der Waals surface area contributed by atoms with E-state index >= 15 is 0 Å². The number of allylic oxidation sites excluding steroid dienone is 3. The number of esters is 1. The first-order valence-corrected chi connectivity index (χ1v) is 11.1. The smallest absolute Gasteiger partial charge is 0.336 e. The van der Waals surface area contributed by atoms with Crippen LogP contribution in [0, 0.1) is 0 Å². The van der Waals surface area contributed by atoms with Crippen LogP contribution in [-0.2, 0) is 14.3 Å². The Bertz CT molecular complexity index is 1070. The monoisotopic (exact) mass is 435 g/mol. The van der Waals surface area contributed by atoms with E-state index in [2.05, 4.69) is 17.4 Å². The van der Waals surface area contributed by atoms with Crippen LogP contribution in [0.25, 0.3) is 0 Å². The van der Waals surface area contributed by atoms with Gasteiger partial charge in [-0.1, -0.05) is 67.1 Å². The molecule has 0 saturated heterocycles. The Labute approximate surface area is 187 Å². The number of benzene rings is 2. The molecular formula is C26H26ClNO3. The van der Waals surface area contributed by atoms with Crippen molar-refractivity contribution in [3.05, 3.63) is 93.3 Å². The molecule has 0 unspecified atom stereocenters. The lowest BCUT2D eigenvalue weighted by atomic mass is 9.71. The summed E-state index contributed by atoms with van der Waals surface area (Å²) in [5.74, 6) is -0.783. The van der Waals surface area contributed by atoms with Gasteiger partial charge >= 0.3 is 5.97 Å². The molecule has 0 amide bonds. The maximum Gasteiger partial charge on any atom is 0.336 e. The number of carbonyl (C=O) groups excluding carboxylic acids is 2. The van der Waals surface area contributed by atoms with E-state index in [-0.39, 0.29) is 11.7 Å². The first kappa shape index (κ1) is 21.4. The molecule has 0 spiro atoms. The van der Waals surface area contributed by atoms with Gasteiger partial charge in [0.05, 0.1) is 12.2 Å². The molecule has 2 aromatic rings. The molecule has 160 valence electrons. The maximum absolute atomic E-state index is 13.5. The van der Waals surface area contributed by atoms with Crippen molar-refractivity contribution in [2.75, 3.05) is 6.61 Å². The molecule has 0 radical (unpaired) electrons. The number of ketones is 1. The van der Waals surface area contributed by atoms with Gasteiger partial charge in [0.25, 0.3) is 0 Å². The van der Waals surface area contributed by atoms with E-state index in [1.54, 1.807) is 6.07 Å². The Morgan fingerprint density at radius 1 is 1.10 bits per heavy atom. The number of hydrogen-bond acceptors (Lipinski definition) is 4. The van der Waals surface area contributed by atoms with Gasteiger partial charge in [-0.15, -0.1) is 0 Å². The molecule has 4 nitrogen and oxygen atoms in total. The second-order valence-corrected chi connectivity index (χ2v) is 8.49. The van der Waals surface area contributed by atoms with E-state index in [1.165, 1.54) is 0 Å². The molecule has 0 fully saturated rings. The first-order chi connectivity index (χ1) is 15.0. The van der Waals surface area contributed by atoms with Gasteiger partial charge in [0.1, 0.15) is 0 Å². The Kier molecular flexibility index (Phi) is 6.28. The highest BCUT2D eigenvalue weighted by atomic mass is 35.5. The zero-order valence-electron chi connectivity index (χ0n) is 17.8. The molecular weight excluding hydrogens is 410 g/mol. The van der Waals surface area contributed by atoms with Crippen LogP contribution in [0.3, 0.4) is 0 Å². The summed E-state index contributed by atoms with van der Waals surface area (Å²) in [5, 5.41) is 3.90. The van der Waals surface area contributed by atoms with Gasteiger partial charge in [-0.25, -0.2) is 4.79 Å². The highest BCUT2D eigenvalue weighted by molar-refractivity contribution is 6.31. The molecule has 4 rings (SSSR count). The number of nitrogens with one attached hydrogen (secondary N) is 1. The number of hydrogen-bond donors (Lipinski definition) is 1. The first-order valence-electron chi connectivity index (χ1n) is 10.7. The molecule has 31 heavy (non-hydrogen) atoms.